The van der Waals surface area contributed by atoms with Crippen LogP contribution in [0, 0.1) is 5.82 Å². The van der Waals surface area contributed by atoms with E-state index in [2.05, 4.69) is 15.4 Å². The Morgan fingerprint density at radius 1 is 1.15 bits per heavy atom. The minimum atomic E-state index is -0.823. The first-order chi connectivity index (χ1) is 15.8. The van der Waals surface area contributed by atoms with Gasteiger partial charge in [-0.25, -0.2) is 9.18 Å². The number of anilines is 1. The molecule has 4 rings (SSSR count). The maximum Gasteiger partial charge on any atom is 0.326 e. The van der Waals surface area contributed by atoms with E-state index in [1.54, 1.807) is 29.9 Å². The third-order valence-electron chi connectivity index (χ3n) is 5.17. The van der Waals surface area contributed by atoms with Gasteiger partial charge in [0.05, 0.1) is 18.8 Å². The van der Waals surface area contributed by atoms with Crippen LogP contribution >= 0.6 is 0 Å². The number of nitrogens with one attached hydrogen (secondary N) is 3. The topological polar surface area (TPSA) is 139 Å². The zero-order valence-electron chi connectivity index (χ0n) is 17.6. The number of halogens is 1. The molecule has 0 aliphatic rings. The number of rotatable bonds is 6. The summed E-state index contributed by atoms with van der Waals surface area (Å²) in [6, 6.07) is 13.3. The minimum Gasteiger partial charge on any atom is -0.392 e. The number of benzene rings is 2. The molecule has 168 valence electrons. The summed E-state index contributed by atoms with van der Waals surface area (Å²) in [5, 5.41) is 7.11. The quantitative estimate of drug-likeness (QED) is 0.358. The molecule has 2 aromatic heterocycles. The predicted octanol–water partition coefficient (Wildman–Crippen LogP) is 2.19. The maximum absolute atomic E-state index is 13.1. The normalized spacial score (nSPS) is 11.8. The van der Waals surface area contributed by atoms with Crippen molar-refractivity contribution in [2.24, 2.45) is 0 Å². The van der Waals surface area contributed by atoms with Crippen molar-refractivity contribution < 1.29 is 9.18 Å². The van der Waals surface area contributed by atoms with Gasteiger partial charge in [-0.05, 0) is 41.8 Å². The van der Waals surface area contributed by atoms with Crippen LogP contribution in [0.15, 0.2) is 70.5 Å². The summed E-state index contributed by atoms with van der Waals surface area (Å²) in [4.78, 5) is 39.9. The Bertz CT molecular complexity index is 1420. The molecule has 5 N–H and O–H groups in total. The van der Waals surface area contributed by atoms with E-state index < -0.39 is 23.2 Å². The zero-order chi connectivity index (χ0) is 23.5. The predicted molar refractivity (Wildman–Crippen MR) is 121 cm³/mol. The largest absolute Gasteiger partial charge is 0.392 e. The molecule has 0 bridgehead atoms. The number of carbonyl (C=O) groups is 1. The van der Waals surface area contributed by atoms with Crippen molar-refractivity contribution in [2.75, 3.05) is 5.73 Å². The summed E-state index contributed by atoms with van der Waals surface area (Å²) < 4.78 is 14.9. The molecule has 1 atom stereocenters. The van der Waals surface area contributed by atoms with Crippen LogP contribution in [0.4, 0.5) is 10.1 Å². The highest BCUT2D eigenvalue weighted by Crippen LogP contribution is 2.23. The van der Waals surface area contributed by atoms with Gasteiger partial charge in [0, 0.05) is 11.8 Å². The molecule has 33 heavy (non-hydrogen) atoms. The minimum absolute atomic E-state index is 0.283. The number of H-pyrrole nitrogens is 2. The number of nitrogens with zero attached hydrogens (tertiary/aromatic N) is 2. The standard InChI is InChI=1S/C23H21FN6O3/c1-13(27-22(32)20-19(25)21(31)29-23(33)28-20)15-3-2-4-16(9-15)17-10-26-30(12-17)11-14-5-7-18(24)8-6-14/h2-10,12-13H,11,25H2,1H3,(H,27,32)(H2,28,29,31,33)/t13-/m1/s1. The third-order valence-corrected chi connectivity index (χ3v) is 5.17. The molecule has 0 saturated carbocycles. The van der Waals surface area contributed by atoms with Crippen LogP contribution in [0.5, 0.6) is 0 Å². The van der Waals surface area contributed by atoms with Crippen molar-refractivity contribution in [2.45, 2.75) is 19.5 Å². The summed E-state index contributed by atoms with van der Waals surface area (Å²) in [5.74, 6) is -0.952. The van der Waals surface area contributed by atoms with Gasteiger partial charge in [0.25, 0.3) is 11.5 Å². The summed E-state index contributed by atoms with van der Waals surface area (Å²) in [6.45, 7) is 2.28. The van der Waals surface area contributed by atoms with E-state index in [9.17, 15) is 18.8 Å². The van der Waals surface area contributed by atoms with Gasteiger partial charge in [-0.2, -0.15) is 5.10 Å². The van der Waals surface area contributed by atoms with Gasteiger partial charge in [0.15, 0.2) is 0 Å². The number of hydrogen-bond acceptors (Lipinski definition) is 5. The second kappa shape index (κ2) is 8.95. The molecule has 0 radical (unpaired) electrons. The Morgan fingerprint density at radius 2 is 1.91 bits per heavy atom. The summed E-state index contributed by atoms with van der Waals surface area (Å²) in [7, 11) is 0. The molecule has 0 spiro atoms. The number of aromatic amines is 2. The van der Waals surface area contributed by atoms with Gasteiger partial charge >= 0.3 is 5.69 Å². The zero-order valence-corrected chi connectivity index (χ0v) is 17.6. The molecule has 9 nitrogen and oxygen atoms in total. The Balaban J connectivity index is 1.50. The van der Waals surface area contributed by atoms with Gasteiger partial charge < -0.3 is 16.0 Å². The van der Waals surface area contributed by atoms with E-state index in [1.165, 1.54) is 12.1 Å². The summed E-state index contributed by atoms with van der Waals surface area (Å²) in [5.41, 5.74) is 6.85. The molecular weight excluding hydrogens is 427 g/mol. The molecule has 4 aromatic rings. The smallest absolute Gasteiger partial charge is 0.326 e. The molecule has 0 unspecified atom stereocenters. The van der Waals surface area contributed by atoms with Crippen LogP contribution in [0.3, 0.4) is 0 Å². The van der Waals surface area contributed by atoms with Gasteiger partial charge in [-0.15, -0.1) is 0 Å². The highest BCUT2D eigenvalue weighted by molar-refractivity contribution is 5.97. The first kappa shape index (κ1) is 21.8. The fraction of sp³-hybridized carbons (Fsp3) is 0.130. The van der Waals surface area contributed by atoms with Crippen molar-refractivity contribution in [1.29, 1.82) is 0 Å². The lowest BCUT2D eigenvalue weighted by Crippen LogP contribution is -2.34. The lowest BCUT2D eigenvalue weighted by Gasteiger charge is -2.15. The Morgan fingerprint density at radius 3 is 2.67 bits per heavy atom. The molecule has 0 aliphatic carbocycles. The van der Waals surface area contributed by atoms with E-state index in [-0.39, 0.29) is 17.2 Å². The van der Waals surface area contributed by atoms with Crippen LogP contribution in [0.1, 0.15) is 34.6 Å². The second-order valence-corrected chi connectivity index (χ2v) is 7.57. The first-order valence-electron chi connectivity index (χ1n) is 10.1. The first-order valence-corrected chi connectivity index (χ1v) is 10.1. The molecule has 0 saturated heterocycles. The molecule has 0 fully saturated rings. The van der Waals surface area contributed by atoms with Crippen LogP contribution in [0.2, 0.25) is 0 Å². The van der Waals surface area contributed by atoms with E-state index in [0.29, 0.717) is 6.54 Å². The number of nitrogens with two attached hydrogens (primary N) is 1. The molecule has 10 heteroatoms. The monoisotopic (exact) mass is 448 g/mol. The van der Waals surface area contributed by atoms with Crippen molar-refractivity contribution in [3.05, 3.63) is 104 Å². The molecule has 0 aliphatic heterocycles. The molecule has 2 aromatic carbocycles. The second-order valence-electron chi connectivity index (χ2n) is 7.57. The highest BCUT2D eigenvalue weighted by atomic mass is 19.1. The van der Waals surface area contributed by atoms with Crippen molar-refractivity contribution >= 4 is 11.6 Å². The van der Waals surface area contributed by atoms with E-state index in [1.807, 2.05) is 35.4 Å². The lowest BCUT2D eigenvalue weighted by atomic mass is 10.0. The fourth-order valence-corrected chi connectivity index (χ4v) is 3.39. The number of carbonyl (C=O) groups excluding carboxylic acids is 1. The average Bonchev–Trinajstić information content (AvgIpc) is 3.26. The Kier molecular flexibility index (Phi) is 5.90. The number of aromatic nitrogens is 4. The SMILES string of the molecule is C[C@@H](NC(=O)c1[nH]c(=O)[nH]c(=O)c1N)c1cccc(-c2cnn(Cc3ccc(F)cc3)c2)c1. The van der Waals surface area contributed by atoms with Crippen molar-refractivity contribution in [1.82, 2.24) is 25.1 Å². The van der Waals surface area contributed by atoms with Crippen LogP contribution < -0.4 is 22.3 Å². The number of amides is 1. The van der Waals surface area contributed by atoms with E-state index in [0.717, 1.165) is 22.3 Å². The molecule has 1 amide bonds. The van der Waals surface area contributed by atoms with E-state index in [4.69, 9.17) is 5.73 Å². The van der Waals surface area contributed by atoms with Gasteiger partial charge in [0.2, 0.25) is 0 Å². The number of hydrogen-bond donors (Lipinski definition) is 4. The number of nitrogen functional groups attached to an aromatic ring is 1. The highest BCUT2D eigenvalue weighted by Gasteiger charge is 2.17. The molecular formula is C23H21FN6O3. The summed E-state index contributed by atoms with van der Waals surface area (Å²) in [6.07, 6.45) is 3.61. The summed E-state index contributed by atoms with van der Waals surface area (Å²) >= 11 is 0. The Labute approximate surface area is 187 Å². The average molecular weight is 448 g/mol. The van der Waals surface area contributed by atoms with Crippen LogP contribution in [0.25, 0.3) is 11.1 Å². The Hall–Kier alpha value is -4.47. The lowest BCUT2D eigenvalue weighted by molar-refractivity contribution is 0.0935. The van der Waals surface area contributed by atoms with Crippen LogP contribution in [-0.4, -0.2) is 25.7 Å². The van der Waals surface area contributed by atoms with Gasteiger partial charge in [-0.1, -0.05) is 30.3 Å². The van der Waals surface area contributed by atoms with Gasteiger partial charge in [0.1, 0.15) is 17.2 Å². The maximum atomic E-state index is 13.1. The van der Waals surface area contributed by atoms with E-state index >= 15 is 0 Å². The van der Waals surface area contributed by atoms with Gasteiger partial charge in [-0.3, -0.25) is 19.3 Å². The van der Waals surface area contributed by atoms with Crippen LogP contribution in [-0.2, 0) is 6.54 Å². The van der Waals surface area contributed by atoms with Crippen molar-refractivity contribution in [3.63, 3.8) is 0 Å². The molecule has 2 heterocycles. The third kappa shape index (κ3) is 4.90. The van der Waals surface area contributed by atoms with Crippen molar-refractivity contribution in [3.8, 4) is 11.1 Å². The fourth-order valence-electron chi connectivity index (χ4n) is 3.39.